The Balaban J connectivity index is 2.61. The van der Waals surface area contributed by atoms with E-state index in [-0.39, 0.29) is 0 Å². The normalized spacial score (nSPS) is 10.1. The minimum Gasteiger partial charge on any atom is -0.0837 e. The van der Waals surface area contributed by atoms with Crippen molar-refractivity contribution in [3.8, 4) is 11.1 Å². The average molecular weight is 202 g/mol. The molecule has 0 fully saturated rings. The Morgan fingerprint density at radius 2 is 1.36 bits per heavy atom. The second-order valence-electron chi connectivity index (χ2n) is 3.14. The van der Waals surface area contributed by atoms with Gasteiger partial charge in [-0.2, -0.15) is 0 Å². The predicted octanol–water partition coefficient (Wildman–Crippen LogP) is 4.19. The minimum atomic E-state index is 0.767. The fraction of sp³-hybridized carbons (Fsp3) is 0. The van der Waals surface area contributed by atoms with E-state index >= 15 is 0 Å². The van der Waals surface area contributed by atoms with Crippen LogP contribution in [0.15, 0.2) is 48.5 Å². The largest absolute Gasteiger partial charge is 0.0837 e. The minimum absolute atomic E-state index is 0.767. The topological polar surface area (TPSA) is 0 Å². The van der Waals surface area contributed by atoms with Crippen LogP contribution in [-0.2, 0) is 0 Å². The Hall–Kier alpha value is -1.27. The first-order valence-electron chi connectivity index (χ1n) is 4.45. The van der Waals surface area contributed by atoms with Gasteiger partial charge in [-0.25, -0.2) is 0 Å². The number of hydrogen-bond acceptors (Lipinski definition) is 0. The highest BCUT2D eigenvalue weighted by atomic mass is 35.5. The van der Waals surface area contributed by atoms with Crippen LogP contribution >= 0.6 is 11.6 Å². The molecule has 0 saturated carbocycles. The third-order valence-corrected chi connectivity index (χ3v) is 2.51. The summed E-state index contributed by atoms with van der Waals surface area (Å²) in [5.74, 6) is 0. The summed E-state index contributed by atoms with van der Waals surface area (Å²) in [6.07, 6.45) is 0. The molecule has 0 unspecified atom stereocenters. The number of benzene rings is 2. The van der Waals surface area contributed by atoms with E-state index in [9.17, 15) is 0 Å². The molecule has 2 rings (SSSR count). The summed E-state index contributed by atoms with van der Waals surface area (Å²) in [5.41, 5.74) is 3.14. The monoisotopic (exact) mass is 201 g/mol. The fourth-order valence-electron chi connectivity index (χ4n) is 1.46. The summed E-state index contributed by atoms with van der Waals surface area (Å²) in [5, 5.41) is 0.767. The highest BCUT2D eigenvalue weighted by molar-refractivity contribution is 6.33. The zero-order chi connectivity index (χ0) is 9.97. The Bertz CT molecular complexity index is 403. The second-order valence-corrected chi connectivity index (χ2v) is 3.54. The van der Waals surface area contributed by atoms with Gasteiger partial charge >= 0.3 is 0 Å². The Morgan fingerprint density at radius 1 is 0.786 bits per heavy atom. The molecule has 2 aromatic rings. The summed E-state index contributed by atoms with van der Waals surface area (Å²) >= 11 is 6.10. The molecule has 1 heteroatoms. The Kier molecular flexibility index (Phi) is 2.55. The lowest BCUT2D eigenvalue weighted by molar-refractivity contribution is 1.56. The van der Waals surface area contributed by atoms with E-state index in [4.69, 9.17) is 11.6 Å². The van der Waals surface area contributed by atoms with Crippen molar-refractivity contribution in [1.82, 2.24) is 0 Å². The lowest BCUT2D eigenvalue weighted by Gasteiger charge is -2.06. The molecule has 0 aliphatic rings. The lowest BCUT2D eigenvalue weighted by Crippen LogP contribution is -1.82. The first kappa shape index (κ1) is 9.29. The second kappa shape index (κ2) is 3.85. The molecule has 1 radical (unpaired) electrons. The van der Waals surface area contributed by atoms with Gasteiger partial charge in [-0.1, -0.05) is 54.1 Å². The highest BCUT2D eigenvalue weighted by Crippen LogP contribution is 2.29. The lowest BCUT2D eigenvalue weighted by atomic mass is 10.0. The smallest absolute Gasteiger partial charge is 0.0484 e. The Labute approximate surface area is 89.2 Å². The van der Waals surface area contributed by atoms with Crippen molar-refractivity contribution in [3.05, 3.63) is 66.0 Å². The van der Waals surface area contributed by atoms with Crippen LogP contribution in [-0.4, -0.2) is 0 Å². The average Bonchev–Trinajstić information content (AvgIpc) is 2.20. The summed E-state index contributed by atoms with van der Waals surface area (Å²) in [7, 11) is 0. The maximum absolute atomic E-state index is 6.10. The van der Waals surface area contributed by atoms with Crippen molar-refractivity contribution in [2.24, 2.45) is 0 Å². The van der Waals surface area contributed by atoms with Crippen molar-refractivity contribution in [1.29, 1.82) is 0 Å². The molecule has 0 aliphatic carbocycles. The molecule has 0 aromatic heterocycles. The van der Waals surface area contributed by atoms with E-state index in [2.05, 4.69) is 6.92 Å². The quantitative estimate of drug-likeness (QED) is 0.649. The maximum Gasteiger partial charge on any atom is 0.0484 e. The van der Waals surface area contributed by atoms with Gasteiger partial charge in [0.25, 0.3) is 0 Å². The van der Waals surface area contributed by atoms with Crippen LogP contribution in [0, 0.1) is 6.92 Å². The zero-order valence-corrected chi connectivity index (χ0v) is 8.46. The van der Waals surface area contributed by atoms with Crippen LogP contribution in [0.5, 0.6) is 0 Å². The van der Waals surface area contributed by atoms with Crippen LogP contribution in [0.1, 0.15) is 5.56 Å². The molecular weight excluding hydrogens is 192 g/mol. The van der Waals surface area contributed by atoms with Crippen molar-refractivity contribution in [2.75, 3.05) is 0 Å². The van der Waals surface area contributed by atoms with Crippen LogP contribution in [0.3, 0.4) is 0 Å². The zero-order valence-electron chi connectivity index (χ0n) is 7.70. The molecule has 0 atom stereocenters. The predicted molar refractivity (Wildman–Crippen MR) is 61.3 cm³/mol. The van der Waals surface area contributed by atoms with Gasteiger partial charge in [-0.3, -0.25) is 0 Å². The van der Waals surface area contributed by atoms with Crippen molar-refractivity contribution in [3.63, 3.8) is 0 Å². The SMILES string of the molecule is [CH2]c1ccccc1-c1ccccc1Cl. The van der Waals surface area contributed by atoms with E-state index in [1.54, 1.807) is 0 Å². The summed E-state index contributed by atoms with van der Waals surface area (Å²) in [6, 6.07) is 15.8. The van der Waals surface area contributed by atoms with Crippen LogP contribution in [0.25, 0.3) is 11.1 Å². The fourth-order valence-corrected chi connectivity index (χ4v) is 1.70. The molecule has 0 heterocycles. The van der Waals surface area contributed by atoms with Gasteiger partial charge < -0.3 is 0 Å². The summed E-state index contributed by atoms with van der Waals surface area (Å²) < 4.78 is 0. The van der Waals surface area contributed by atoms with Crippen molar-refractivity contribution in [2.45, 2.75) is 0 Å². The number of halogens is 1. The molecule has 0 saturated heterocycles. The van der Waals surface area contributed by atoms with E-state index in [1.165, 1.54) is 0 Å². The standard InChI is InChI=1S/C13H10Cl/c1-10-6-2-3-7-11(10)12-8-4-5-9-13(12)14/h2-9H,1H2. The number of hydrogen-bond donors (Lipinski definition) is 0. The summed E-state index contributed by atoms with van der Waals surface area (Å²) in [6.45, 7) is 3.98. The molecule has 0 spiro atoms. The van der Waals surface area contributed by atoms with E-state index < -0.39 is 0 Å². The van der Waals surface area contributed by atoms with E-state index in [0.29, 0.717) is 0 Å². The van der Waals surface area contributed by atoms with E-state index in [1.807, 2.05) is 48.5 Å². The first-order valence-corrected chi connectivity index (χ1v) is 4.83. The van der Waals surface area contributed by atoms with Crippen LogP contribution in [0.4, 0.5) is 0 Å². The van der Waals surface area contributed by atoms with Gasteiger partial charge in [0.1, 0.15) is 0 Å². The Morgan fingerprint density at radius 3 is 2.00 bits per heavy atom. The molecule has 2 aromatic carbocycles. The van der Waals surface area contributed by atoms with Crippen LogP contribution < -0.4 is 0 Å². The maximum atomic E-state index is 6.10. The van der Waals surface area contributed by atoms with Gasteiger partial charge in [0.05, 0.1) is 0 Å². The molecule has 14 heavy (non-hydrogen) atoms. The molecule has 0 nitrogen and oxygen atoms in total. The molecular formula is C13H10Cl. The van der Waals surface area contributed by atoms with Crippen LogP contribution in [0.2, 0.25) is 5.02 Å². The van der Waals surface area contributed by atoms with E-state index in [0.717, 1.165) is 21.7 Å². The van der Waals surface area contributed by atoms with Crippen molar-refractivity contribution < 1.29 is 0 Å². The molecule has 0 N–H and O–H groups in total. The van der Waals surface area contributed by atoms with Gasteiger partial charge in [-0.05, 0) is 24.1 Å². The molecule has 0 bridgehead atoms. The third kappa shape index (κ3) is 1.66. The van der Waals surface area contributed by atoms with Gasteiger partial charge in [-0.15, -0.1) is 0 Å². The highest BCUT2D eigenvalue weighted by Gasteiger charge is 2.03. The number of rotatable bonds is 1. The van der Waals surface area contributed by atoms with Gasteiger partial charge in [0, 0.05) is 10.6 Å². The van der Waals surface area contributed by atoms with Crippen molar-refractivity contribution >= 4 is 11.6 Å². The van der Waals surface area contributed by atoms with Gasteiger partial charge in [0.2, 0.25) is 0 Å². The van der Waals surface area contributed by atoms with Gasteiger partial charge in [0.15, 0.2) is 0 Å². The molecule has 0 aliphatic heterocycles. The molecule has 69 valence electrons. The molecule has 0 amide bonds. The third-order valence-electron chi connectivity index (χ3n) is 2.18. The summed E-state index contributed by atoms with van der Waals surface area (Å²) in [4.78, 5) is 0. The first-order chi connectivity index (χ1) is 6.79.